The highest BCUT2D eigenvalue weighted by Gasteiger charge is 2.26. The summed E-state index contributed by atoms with van der Waals surface area (Å²) in [5.41, 5.74) is 0. The van der Waals surface area contributed by atoms with E-state index >= 15 is 0 Å². The van der Waals surface area contributed by atoms with Gasteiger partial charge in [0.2, 0.25) is 0 Å². The van der Waals surface area contributed by atoms with Crippen molar-refractivity contribution >= 4 is 10.1 Å². The van der Waals surface area contributed by atoms with E-state index in [1.807, 2.05) is 0 Å². The second-order valence-electron chi connectivity index (χ2n) is 3.19. The third-order valence-corrected chi connectivity index (χ3v) is 2.97. The maximum atomic E-state index is 11.7. The first kappa shape index (κ1) is 15.4. The van der Waals surface area contributed by atoms with Crippen LogP contribution < -0.4 is 0 Å². The Hall–Kier alpha value is -0.560. The summed E-state index contributed by atoms with van der Waals surface area (Å²) in [5, 5.41) is 0. The number of allylic oxidation sites excluding steroid dienone is 1. The summed E-state index contributed by atoms with van der Waals surface area (Å²) in [5.74, 6) is -0.374. The molecule has 0 aromatic heterocycles. The first-order valence-electron chi connectivity index (χ1n) is 4.82. The van der Waals surface area contributed by atoms with E-state index in [1.165, 1.54) is 6.08 Å². The molecule has 0 unspecified atom stereocenters. The van der Waals surface area contributed by atoms with Gasteiger partial charge in [-0.15, -0.1) is 0 Å². The largest absolute Gasteiger partial charge is 0.389 e. The SMILES string of the molecule is C/C=C\COS(=O)(=O)CCCCC(F)(F)F. The number of halogens is 3. The molecule has 96 valence electrons. The molecule has 0 spiro atoms. The Kier molecular flexibility index (Phi) is 6.66. The summed E-state index contributed by atoms with van der Waals surface area (Å²) in [6.45, 7) is 1.64. The summed E-state index contributed by atoms with van der Waals surface area (Å²) in [7, 11) is -3.69. The Balaban J connectivity index is 3.75. The van der Waals surface area contributed by atoms with Crippen LogP contribution in [0.15, 0.2) is 12.2 Å². The van der Waals surface area contributed by atoms with Crippen molar-refractivity contribution in [2.45, 2.75) is 32.4 Å². The highest BCUT2D eigenvalue weighted by molar-refractivity contribution is 7.86. The molecule has 0 aliphatic rings. The molecule has 0 fully saturated rings. The monoisotopic (exact) mass is 260 g/mol. The molecule has 16 heavy (non-hydrogen) atoms. The molecule has 0 aliphatic carbocycles. The zero-order chi connectivity index (χ0) is 12.7. The number of hydrogen-bond acceptors (Lipinski definition) is 3. The number of unbranched alkanes of at least 4 members (excludes halogenated alkanes) is 1. The fourth-order valence-electron chi connectivity index (χ4n) is 0.902. The molecule has 0 N–H and O–H groups in total. The Morgan fingerprint density at radius 2 is 1.88 bits per heavy atom. The van der Waals surface area contributed by atoms with Gasteiger partial charge in [-0.2, -0.15) is 21.6 Å². The maximum absolute atomic E-state index is 11.7. The Labute approximate surface area is 93.4 Å². The van der Waals surface area contributed by atoms with E-state index in [-0.39, 0.29) is 25.2 Å². The summed E-state index contributed by atoms with van der Waals surface area (Å²) in [6.07, 6.45) is -2.30. The van der Waals surface area contributed by atoms with Crippen LogP contribution in [0.2, 0.25) is 0 Å². The fourth-order valence-corrected chi connectivity index (χ4v) is 1.86. The van der Waals surface area contributed by atoms with Crippen LogP contribution in [0.5, 0.6) is 0 Å². The van der Waals surface area contributed by atoms with Gasteiger partial charge in [-0.05, 0) is 19.8 Å². The standard InChI is InChI=1S/C9H15F3O3S/c1-2-3-7-15-16(13,14)8-5-4-6-9(10,11)12/h2-3H,4-8H2,1H3/b3-2-. The molecular formula is C9H15F3O3S. The van der Waals surface area contributed by atoms with E-state index in [0.29, 0.717) is 0 Å². The number of alkyl halides is 3. The van der Waals surface area contributed by atoms with Crippen molar-refractivity contribution in [3.05, 3.63) is 12.2 Å². The zero-order valence-electron chi connectivity index (χ0n) is 8.96. The van der Waals surface area contributed by atoms with Crippen LogP contribution in [-0.4, -0.2) is 27.0 Å². The topological polar surface area (TPSA) is 43.4 Å². The van der Waals surface area contributed by atoms with Gasteiger partial charge in [0.05, 0.1) is 12.4 Å². The quantitative estimate of drug-likeness (QED) is 0.401. The van der Waals surface area contributed by atoms with E-state index in [0.717, 1.165) is 0 Å². The van der Waals surface area contributed by atoms with Gasteiger partial charge in [-0.1, -0.05) is 12.2 Å². The molecule has 0 rings (SSSR count). The van der Waals surface area contributed by atoms with E-state index < -0.39 is 22.7 Å². The van der Waals surface area contributed by atoms with Crippen LogP contribution in [0.25, 0.3) is 0 Å². The molecule has 0 atom stereocenters. The van der Waals surface area contributed by atoms with Gasteiger partial charge in [0.1, 0.15) is 0 Å². The maximum Gasteiger partial charge on any atom is 0.389 e. The fraction of sp³-hybridized carbons (Fsp3) is 0.778. The van der Waals surface area contributed by atoms with Crippen LogP contribution in [0.3, 0.4) is 0 Å². The van der Waals surface area contributed by atoms with Gasteiger partial charge in [0, 0.05) is 6.42 Å². The molecule has 0 saturated carbocycles. The lowest BCUT2D eigenvalue weighted by molar-refractivity contribution is -0.135. The molecule has 0 radical (unpaired) electrons. The van der Waals surface area contributed by atoms with Crippen LogP contribution >= 0.6 is 0 Å². The smallest absolute Gasteiger partial charge is 0.266 e. The minimum atomic E-state index is -4.23. The van der Waals surface area contributed by atoms with Gasteiger partial charge in [-0.3, -0.25) is 4.18 Å². The van der Waals surface area contributed by atoms with Gasteiger partial charge < -0.3 is 0 Å². The first-order chi connectivity index (χ1) is 7.27. The summed E-state index contributed by atoms with van der Waals surface area (Å²) in [4.78, 5) is 0. The molecule has 0 saturated heterocycles. The van der Waals surface area contributed by atoms with Crippen LogP contribution in [0.4, 0.5) is 13.2 Å². The molecule has 0 aromatic rings. The van der Waals surface area contributed by atoms with Crippen LogP contribution in [0.1, 0.15) is 26.2 Å². The third-order valence-electron chi connectivity index (χ3n) is 1.68. The molecule has 0 heterocycles. The van der Waals surface area contributed by atoms with Crippen molar-refractivity contribution in [3.8, 4) is 0 Å². The average Bonchev–Trinajstić information content (AvgIpc) is 2.11. The van der Waals surface area contributed by atoms with E-state index in [9.17, 15) is 21.6 Å². The molecular weight excluding hydrogens is 245 g/mol. The average molecular weight is 260 g/mol. The second kappa shape index (κ2) is 6.90. The lowest BCUT2D eigenvalue weighted by Gasteiger charge is -2.06. The minimum Gasteiger partial charge on any atom is -0.266 e. The van der Waals surface area contributed by atoms with Crippen LogP contribution in [-0.2, 0) is 14.3 Å². The molecule has 0 bridgehead atoms. The predicted molar refractivity (Wildman–Crippen MR) is 54.5 cm³/mol. The second-order valence-corrected chi connectivity index (χ2v) is 4.95. The van der Waals surface area contributed by atoms with Crippen molar-refractivity contribution < 1.29 is 25.8 Å². The van der Waals surface area contributed by atoms with Gasteiger partial charge in [0.15, 0.2) is 0 Å². The van der Waals surface area contributed by atoms with Gasteiger partial charge in [0.25, 0.3) is 10.1 Å². The predicted octanol–water partition coefficient (Wildman–Crippen LogP) is 2.64. The zero-order valence-corrected chi connectivity index (χ0v) is 9.77. The molecule has 0 aromatic carbocycles. The lowest BCUT2D eigenvalue weighted by atomic mass is 10.2. The van der Waals surface area contributed by atoms with Crippen LogP contribution in [0, 0.1) is 0 Å². The molecule has 7 heteroatoms. The first-order valence-corrected chi connectivity index (χ1v) is 6.39. The summed E-state index contributed by atoms with van der Waals surface area (Å²) < 4.78 is 61.9. The highest BCUT2D eigenvalue weighted by atomic mass is 32.2. The third kappa shape index (κ3) is 9.97. The highest BCUT2D eigenvalue weighted by Crippen LogP contribution is 2.22. The van der Waals surface area contributed by atoms with E-state index in [2.05, 4.69) is 4.18 Å². The van der Waals surface area contributed by atoms with Crippen molar-refractivity contribution in [1.29, 1.82) is 0 Å². The van der Waals surface area contributed by atoms with Crippen molar-refractivity contribution in [2.24, 2.45) is 0 Å². The van der Waals surface area contributed by atoms with Gasteiger partial charge >= 0.3 is 6.18 Å². The normalized spacial score (nSPS) is 13.5. The Morgan fingerprint density at radius 3 is 2.38 bits per heavy atom. The molecule has 0 amide bonds. The van der Waals surface area contributed by atoms with Crippen molar-refractivity contribution in [2.75, 3.05) is 12.4 Å². The van der Waals surface area contributed by atoms with Crippen molar-refractivity contribution in [1.82, 2.24) is 0 Å². The van der Waals surface area contributed by atoms with E-state index in [4.69, 9.17) is 0 Å². The summed E-state index contributed by atoms with van der Waals surface area (Å²) >= 11 is 0. The lowest BCUT2D eigenvalue weighted by Crippen LogP contribution is -2.12. The van der Waals surface area contributed by atoms with E-state index in [1.54, 1.807) is 13.0 Å². The molecule has 0 aliphatic heterocycles. The number of rotatable bonds is 7. The Morgan fingerprint density at radius 1 is 1.25 bits per heavy atom. The minimum absolute atomic E-state index is 0.0440. The van der Waals surface area contributed by atoms with Crippen molar-refractivity contribution in [3.63, 3.8) is 0 Å². The Bertz CT molecular complexity index is 306. The summed E-state index contributed by atoms with van der Waals surface area (Å²) in [6, 6.07) is 0. The van der Waals surface area contributed by atoms with Gasteiger partial charge in [-0.25, -0.2) is 0 Å². The molecule has 3 nitrogen and oxygen atoms in total. The number of hydrogen-bond donors (Lipinski definition) is 0.